The molecule has 84 valence electrons. The van der Waals surface area contributed by atoms with E-state index in [1.807, 2.05) is 0 Å². The first-order valence-corrected chi connectivity index (χ1v) is 4.41. The molecule has 0 radical (unpaired) electrons. The Morgan fingerprint density at radius 3 is 2.50 bits per heavy atom. The van der Waals surface area contributed by atoms with Crippen LogP contribution in [0.25, 0.3) is 5.69 Å². The van der Waals surface area contributed by atoms with Crippen LogP contribution in [0.1, 0.15) is 5.56 Å². The third-order valence-electron chi connectivity index (χ3n) is 2.10. The van der Waals surface area contributed by atoms with Gasteiger partial charge in [0.1, 0.15) is 0 Å². The van der Waals surface area contributed by atoms with Crippen LogP contribution in [0.5, 0.6) is 0 Å². The SMILES string of the molecule is O=c1ccc(C(F)(F)F)cn1-c1cc[nH]c1. The Morgan fingerprint density at radius 1 is 1.19 bits per heavy atom. The molecule has 0 aromatic carbocycles. The van der Waals surface area contributed by atoms with Crippen LogP contribution < -0.4 is 5.56 Å². The van der Waals surface area contributed by atoms with Gasteiger partial charge >= 0.3 is 6.18 Å². The summed E-state index contributed by atoms with van der Waals surface area (Å²) in [5, 5.41) is 0. The summed E-state index contributed by atoms with van der Waals surface area (Å²) < 4.78 is 38.2. The first kappa shape index (κ1) is 10.5. The first-order valence-electron chi connectivity index (χ1n) is 4.41. The van der Waals surface area contributed by atoms with Crippen molar-refractivity contribution >= 4 is 0 Å². The summed E-state index contributed by atoms with van der Waals surface area (Å²) in [6.07, 6.45) is -0.694. The van der Waals surface area contributed by atoms with Gasteiger partial charge in [0.15, 0.2) is 0 Å². The number of nitrogens with one attached hydrogen (secondary N) is 1. The number of rotatable bonds is 1. The monoisotopic (exact) mass is 228 g/mol. The van der Waals surface area contributed by atoms with Crippen molar-refractivity contribution in [3.05, 3.63) is 52.7 Å². The Bertz CT molecular complexity index is 540. The molecular weight excluding hydrogens is 221 g/mol. The summed E-state index contributed by atoms with van der Waals surface area (Å²) in [6, 6.07) is 3.18. The molecule has 1 N–H and O–H groups in total. The van der Waals surface area contributed by atoms with E-state index in [1.165, 1.54) is 18.5 Å². The van der Waals surface area contributed by atoms with Crippen LogP contribution in [-0.2, 0) is 6.18 Å². The fourth-order valence-electron chi connectivity index (χ4n) is 1.32. The predicted octanol–water partition coefficient (Wildman–Crippen LogP) is 2.18. The predicted molar refractivity (Wildman–Crippen MR) is 51.4 cm³/mol. The second-order valence-corrected chi connectivity index (χ2v) is 3.19. The molecule has 2 aromatic rings. The summed E-state index contributed by atoms with van der Waals surface area (Å²) in [4.78, 5) is 14.1. The van der Waals surface area contributed by atoms with Crippen molar-refractivity contribution in [2.75, 3.05) is 0 Å². The number of pyridine rings is 1. The summed E-state index contributed by atoms with van der Waals surface area (Å²) in [5.41, 5.74) is -0.989. The zero-order valence-corrected chi connectivity index (χ0v) is 7.95. The molecule has 0 saturated heterocycles. The Morgan fingerprint density at radius 2 is 1.94 bits per heavy atom. The minimum Gasteiger partial charge on any atom is -0.366 e. The number of halogens is 3. The Labute approximate surface area is 88.2 Å². The zero-order valence-electron chi connectivity index (χ0n) is 7.95. The third kappa shape index (κ3) is 1.86. The van der Waals surface area contributed by atoms with Gasteiger partial charge < -0.3 is 4.98 Å². The van der Waals surface area contributed by atoms with Gasteiger partial charge in [0.25, 0.3) is 5.56 Å². The Hall–Kier alpha value is -1.98. The van der Waals surface area contributed by atoms with E-state index in [2.05, 4.69) is 4.98 Å². The van der Waals surface area contributed by atoms with Gasteiger partial charge in [0.2, 0.25) is 0 Å². The molecule has 3 nitrogen and oxygen atoms in total. The van der Waals surface area contributed by atoms with Gasteiger partial charge in [-0.2, -0.15) is 13.2 Å². The van der Waals surface area contributed by atoms with Crippen molar-refractivity contribution in [2.45, 2.75) is 6.18 Å². The van der Waals surface area contributed by atoms with E-state index in [-0.39, 0.29) is 0 Å². The molecule has 0 aliphatic heterocycles. The number of aromatic amines is 1. The van der Waals surface area contributed by atoms with Crippen LogP contribution in [0, 0.1) is 0 Å². The number of hydrogen-bond acceptors (Lipinski definition) is 1. The van der Waals surface area contributed by atoms with E-state index in [4.69, 9.17) is 0 Å². The van der Waals surface area contributed by atoms with Crippen LogP contribution in [0.2, 0.25) is 0 Å². The summed E-state index contributed by atoms with van der Waals surface area (Å²) in [7, 11) is 0. The van der Waals surface area contributed by atoms with Crippen molar-refractivity contribution in [3.8, 4) is 5.69 Å². The number of aromatic nitrogens is 2. The minimum absolute atomic E-state index is 0.371. The van der Waals surface area contributed by atoms with Gasteiger partial charge in [-0.25, -0.2) is 0 Å². The minimum atomic E-state index is -4.45. The second kappa shape index (κ2) is 3.55. The second-order valence-electron chi connectivity index (χ2n) is 3.19. The summed E-state index contributed by atoms with van der Waals surface area (Å²) >= 11 is 0. The molecule has 16 heavy (non-hydrogen) atoms. The van der Waals surface area contributed by atoms with Gasteiger partial charge in [-0.1, -0.05) is 0 Å². The third-order valence-corrected chi connectivity index (χ3v) is 2.10. The highest BCUT2D eigenvalue weighted by Gasteiger charge is 2.31. The standard InChI is InChI=1S/C10H7F3N2O/c11-10(12,13)7-1-2-9(16)15(6-7)8-3-4-14-5-8/h1-6,14H. The lowest BCUT2D eigenvalue weighted by Crippen LogP contribution is -2.19. The van der Waals surface area contributed by atoms with Gasteiger partial charge in [-0.05, 0) is 12.1 Å². The van der Waals surface area contributed by atoms with Crippen molar-refractivity contribution < 1.29 is 13.2 Å². The molecule has 0 amide bonds. The van der Waals surface area contributed by atoms with Crippen molar-refractivity contribution in [3.63, 3.8) is 0 Å². The summed E-state index contributed by atoms with van der Waals surface area (Å²) in [5.74, 6) is 0. The molecule has 0 aliphatic rings. The molecule has 0 spiro atoms. The average molecular weight is 228 g/mol. The Kier molecular flexibility index (Phi) is 2.34. The molecule has 2 rings (SSSR count). The highest BCUT2D eigenvalue weighted by molar-refractivity contribution is 5.30. The molecule has 0 atom stereocenters. The number of alkyl halides is 3. The maximum Gasteiger partial charge on any atom is 0.417 e. The van der Waals surface area contributed by atoms with Crippen LogP contribution in [0.4, 0.5) is 13.2 Å². The van der Waals surface area contributed by atoms with Crippen LogP contribution >= 0.6 is 0 Å². The molecule has 2 heterocycles. The number of H-pyrrole nitrogens is 1. The number of hydrogen-bond donors (Lipinski definition) is 1. The maximum absolute atomic E-state index is 12.4. The quantitative estimate of drug-likeness (QED) is 0.798. The Balaban J connectivity index is 2.58. The highest BCUT2D eigenvalue weighted by Crippen LogP contribution is 2.28. The van der Waals surface area contributed by atoms with Gasteiger partial charge in [-0.3, -0.25) is 9.36 Å². The fraction of sp³-hybridized carbons (Fsp3) is 0.100. The molecule has 0 unspecified atom stereocenters. The molecule has 0 bridgehead atoms. The molecular formula is C10H7F3N2O. The largest absolute Gasteiger partial charge is 0.417 e. The first-order chi connectivity index (χ1) is 7.48. The van der Waals surface area contributed by atoms with E-state index in [1.54, 1.807) is 0 Å². The average Bonchev–Trinajstić information content (AvgIpc) is 2.69. The van der Waals surface area contributed by atoms with Crippen molar-refractivity contribution in [1.82, 2.24) is 9.55 Å². The molecule has 0 saturated carbocycles. The lowest BCUT2D eigenvalue weighted by Gasteiger charge is -2.09. The van der Waals surface area contributed by atoms with E-state index in [9.17, 15) is 18.0 Å². The van der Waals surface area contributed by atoms with Crippen LogP contribution in [0.15, 0.2) is 41.6 Å². The van der Waals surface area contributed by atoms with E-state index in [0.29, 0.717) is 5.69 Å². The normalized spacial score (nSPS) is 11.7. The highest BCUT2D eigenvalue weighted by atomic mass is 19.4. The lowest BCUT2D eigenvalue weighted by atomic mass is 10.2. The molecule has 0 fully saturated rings. The van der Waals surface area contributed by atoms with Gasteiger partial charge in [0.05, 0.1) is 11.3 Å². The van der Waals surface area contributed by atoms with Crippen molar-refractivity contribution in [1.29, 1.82) is 0 Å². The van der Waals surface area contributed by atoms with Crippen molar-refractivity contribution in [2.24, 2.45) is 0 Å². The molecule has 2 aromatic heterocycles. The molecule has 0 aliphatic carbocycles. The fourth-order valence-corrected chi connectivity index (χ4v) is 1.32. The summed E-state index contributed by atoms with van der Waals surface area (Å²) in [6.45, 7) is 0. The maximum atomic E-state index is 12.4. The van der Waals surface area contributed by atoms with Gasteiger partial charge in [-0.15, -0.1) is 0 Å². The van der Waals surface area contributed by atoms with Crippen LogP contribution in [0.3, 0.4) is 0 Å². The van der Waals surface area contributed by atoms with Gasteiger partial charge in [0, 0.05) is 24.7 Å². The molecule has 6 heteroatoms. The van der Waals surface area contributed by atoms with E-state index >= 15 is 0 Å². The zero-order chi connectivity index (χ0) is 11.8. The smallest absolute Gasteiger partial charge is 0.366 e. The van der Waals surface area contributed by atoms with Crippen LogP contribution in [-0.4, -0.2) is 9.55 Å². The van der Waals surface area contributed by atoms with E-state index in [0.717, 1.165) is 22.9 Å². The number of nitrogens with zero attached hydrogens (tertiary/aromatic N) is 1. The topological polar surface area (TPSA) is 37.8 Å². The lowest BCUT2D eigenvalue weighted by molar-refractivity contribution is -0.138. The van der Waals surface area contributed by atoms with E-state index < -0.39 is 17.3 Å².